The zero-order valence-electron chi connectivity index (χ0n) is 30.6. The van der Waals surface area contributed by atoms with Crippen LogP contribution in [0.3, 0.4) is 0 Å². The van der Waals surface area contributed by atoms with E-state index in [0.717, 1.165) is 21.9 Å². The number of H-pyrrole nitrogens is 1. The van der Waals surface area contributed by atoms with Gasteiger partial charge in [-0.1, -0.05) is 86.6 Å². The van der Waals surface area contributed by atoms with Crippen LogP contribution in [-0.4, -0.2) is 68.8 Å². The van der Waals surface area contributed by atoms with Gasteiger partial charge in [0, 0.05) is 31.2 Å². The number of aromatic nitrogens is 2. The number of carbonyl (C=O) groups excluding carboxylic acids is 4. The van der Waals surface area contributed by atoms with Crippen LogP contribution in [-0.2, 0) is 43.3 Å². The third-order valence-corrected chi connectivity index (χ3v) is 8.33. The summed E-state index contributed by atoms with van der Waals surface area (Å²) in [5, 5.41) is 21.6. The fourth-order valence-corrected chi connectivity index (χ4v) is 5.83. The number of hydrogen-bond donors (Lipinski definition) is 5. The third kappa shape index (κ3) is 12.8. The summed E-state index contributed by atoms with van der Waals surface area (Å²) in [5.41, 5.74) is 1.46. The summed E-state index contributed by atoms with van der Waals surface area (Å²) < 4.78 is 10.9. The monoisotopic (exact) mass is 713 g/mol. The Balaban J connectivity index is 1.50. The van der Waals surface area contributed by atoms with Gasteiger partial charge < -0.3 is 35.5 Å². The minimum atomic E-state index is -1.11. The van der Waals surface area contributed by atoms with E-state index < -0.39 is 53.7 Å². The van der Waals surface area contributed by atoms with Crippen molar-refractivity contribution in [1.82, 2.24) is 25.9 Å². The van der Waals surface area contributed by atoms with Crippen LogP contribution >= 0.6 is 0 Å². The SMILES string of the molecule is CC(C)C[C@H](NC(=O)[C@H](Cc1cnc[nH]1)NC(=O)[C@H](Cc1cccc2ccccc12)NC(=O)OC(C)(C)C)[C@@H](O)CCC(=O)OCc1ccccc1. The Morgan fingerprint density at radius 3 is 2.21 bits per heavy atom. The summed E-state index contributed by atoms with van der Waals surface area (Å²) in [6.45, 7) is 9.24. The lowest BCUT2D eigenvalue weighted by molar-refractivity contribution is -0.145. The second-order valence-electron chi connectivity index (χ2n) is 14.4. The topological polar surface area (TPSA) is 172 Å². The Hall–Kier alpha value is -5.23. The first-order chi connectivity index (χ1) is 24.8. The van der Waals surface area contributed by atoms with Crippen molar-refractivity contribution in [1.29, 1.82) is 0 Å². The molecule has 12 heteroatoms. The molecular weight excluding hydrogens is 662 g/mol. The molecule has 1 aromatic heterocycles. The Bertz CT molecular complexity index is 1750. The second kappa shape index (κ2) is 18.8. The maximum atomic E-state index is 14.1. The molecule has 0 aliphatic heterocycles. The van der Waals surface area contributed by atoms with Crippen LogP contribution < -0.4 is 16.0 Å². The molecule has 3 aromatic carbocycles. The molecule has 0 fully saturated rings. The predicted molar refractivity (Wildman–Crippen MR) is 198 cm³/mol. The minimum Gasteiger partial charge on any atom is -0.461 e. The first kappa shape index (κ1) is 39.6. The zero-order chi connectivity index (χ0) is 37.7. The molecular formula is C40H51N5O7. The van der Waals surface area contributed by atoms with E-state index in [1.165, 1.54) is 6.33 Å². The van der Waals surface area contributed by atoms with Crippen LogP contribution in [0.25, 0.3) is 10.8 Å². The molecule has 0 aliphatic rings. The number of carbonyl (C=O) groups is 4. The highest BCUT2D eigenvalue weighted by Gasteiger charge is 2.32. The standard InChI is InChI=1S/C40H51N5O7/c1-26(2)20-32(35(46)18-19-36(47)51-24-27-12-7-6-8-13-27)43-38(49)34(22-30-23-41-25-42-30)44-37(48)33(45-39(50)52-40(3,4)5)21-29-16-11-15-28-14-9-10-17-31(28)29/h6-17,23,25-26,32-35,46H,18-22,24H2,1-5H3,(H,41,42)(H,43,49)(H,44,48)(H,45,50)/t32-,33-,34-,35-/m0/s1. The first-order valence-corrected chi connectivity index (χ1v) is 17.7. The molecule has 4 atom stereocenters. The Morgan fingerprint density at radius 2 is 1.52 bits per heavy atom. The molecule has 0 radical (unpaired) electrons. The molecule has 0 aliphatic carbocycles. The summed E-state index contributed by atoms with van der Waals surface area (Å²) in [6, 6.07) is 19.9. The van der Waals surface area contributed by atoms with E-state index >= 15 is 0 Å². The molecule has 1 heterocycles. The number of amides is 3. The summed E-state index contributed by atoms with van der Waals surface area (Å²) in [7, 11) is 0. The highest BCUT2D eigenvalue weighted by molar-refractivity contribution is 5.93. The molecule has 5 N–H and O–H groups in total. The Kier molecular flexibility index (Phi) is 14.3. The number of esters is 1. The van der Waals surface area contributed by atoms with E-state index in [-0.39, 0.29) is 38.2 Å². The van der Waals surface area contributed by atoms with Crippen molar-refractivity contribution < 1.29 is 33.8 Å². The molecule has 4 aromatic rings. The van der Waals surface area contributed by atoms with Crippen LogP contribution in [0.4, 0.5) is 4.79 Å². The smallest absolute Gasteiger partial charge is 0.408 e. The van der Waals surface area contributed by atoms with E-state index in [4.69, 9.17) is 9.47 Å². The summed E-state index contributed by atoms with van der Waals surface area (Å²) >= 11 is 0. The van der Waals surface area contributed by atoms with Crippen LogP contribution in [0.1, 0.15) is 70.7 Å². The van der Waals surface area contributed by atoms with Gasteiger partial charge in [0.25, 0.3) is 0 Å². The fourth-order valence-electron chi connectivity index (χ4n) is 5.83. The molecule has 0 saturated heterocycles. The zero-order valence-corrected chi connectivity index (χ0v) is 30.6. The number of aliphatic hydroxyl groups is 1. The average Bonchev–Trinajstić information content (AvgIpc) is 3.61. The first-order valence-electron chi connectivity index (χ1n) is 17.7. The van der Waals surface area contributed by atoms with Crippen molar-refractivity contribution >= 4 is 34.6 Å². The van der Waals surface area contributed by atoms with E-state index in [1.54, 1.807) is 27.0 Å². The second-order valence-corrected chi connectivity index (χ2v) is 14.4. The van der Waals surface area contributed by atoms with Gasteiger partial charge in [0.15, 0.2) is 0 Å². The van der Waals surface area contributed by atoms with Gasteiger partial charge in [0.05, 0.1) is 18.5 Å². The van der Waals surface area contributed by atoms with Crippen molar-refractivity contribution in [2.45, 2.75) is 103 Å². The minimum absolute atomic E-state index is 0.0427. The lowest BCUT2D eigenvalue weighted by Gasteiger charge is -2.29. The number of aliphatic hydroxyl groups excluding tert-OH is 1. The van der Waals surface area contributed by atoms with Gasteiger partial charge in [-0.15, -0.1) is 0 Å². The Morgan fingerprint density at radius 1 is 0.846 bits per heavy atom. The molecule has 278 valence electrons. The lowest BCUT2D eigenvalue weighted by atomic mass is 9.95. The number of fused-ring (bicyclic) bond motifs is 1. The molecule has 3 amide bonds. The van der Waals surface area contributed by atoms with E-state index in [2.05, 4.69) is 25.9 Å². The fraction of sp³-hybridized carbons (Fsp3) is 0.425. The van der Waals surface area contributed by atoms with Crippen LogP contribution in [0.2, 0.25) is 0 Å². The van der Waals surface area contributed by atoms with E-state index in [9.17, 15) is 24.3 Å². The number of benzene rings is 3. The van der Waals surface area contributed by atoms with Gasteiger partial charge in [-0.3, -0.25) is 14.4 Å². The predicted octanol–water partition coefficient (Wildman–Crippen LogP) is 5.14. The highest BCUT2D eigenvalue weighted by Crippen LogP contribution is 2.21. The number of hydrogen-bond acceptors (Lipinski definition) is 8. The van der Waals surface area contributed by atoms with Crippen LogP contribution in [0, 0.1) is 5.92 Å². The van der Waals surface area contributed by atoms with Gasteiger partial charge in [-0.05, 0) is 61.4 Å². The molecule has 0 spiro atoms. The molecule has 4 rings (SSSR count). The number of ether oxygens (including phenoxy) is 2. The van der Waals surface area contributed by atoms with Gasteiger partial charge >= 0.3 is 12.1 Å². The summed E-state index contributed by atoms with van der Waals surface area (Å²) in [4.78, 5) is 60.6. The van der Waals surface area contributed by atoms with Crippen LogP contribution in [0.15, 0.2) is 85.3 Å². The Labute approximate surface area is 305 Å². The van der Waals surface area contributed by atoms with Gasteiger partial charge in [0.2, 0.25) is 11.8 Å². The number of aromatic amines is 1. The quantitative estimate of drug-likeness (QED) is 0.0937. The molecule has 0 unspecified atom stereocenters. The number of nitrogens with zero attached hydrogens (tertiary/aromatic N) is 1. The normalized spacial score (nSPS) is 13.8. The summed E-state index contributed by atoms with van der Waals surface area (Å²) in [6.07, 6.45) is 1.82. The molecule has 12 nitrogen and oxygen atoms in total. The number of imidazole rings is 1. The summed E-state index contributed by atoms with van der Waals surface area (Å²) in [5.74, 6) is -1.51. The maximum Gasteiger partial charge on any atom is 0.408 e. The van der Waals surface area contributed by atoms with Crippen molar-refractivity contribution in [3.05, 3.63) is 102 Å². The number of rotatable bonds is 17. The van der Waals surface area contributed by atoms with Gasteiger partial charge in [-0.2, -0.15) is 0 Å². The maximum absolute atomic E-state index is 14.1. The third-order valence-electron chi connectivity index (χ3n) is 8.33. The van der Waals surface area contributed by atoms with E-state index in [1.807, 2.05) is 86.6 Å². The van der Waals surface area contributed by atoms with Crippen molar-refractivity contribution in [3.63, 3.8) is 0 Å². The largest absolute Gasteiger partial charge is 0.461 e. The van der Waals surface area contributed by atoms with Crippen molar-refractivity contribution in [2.24, 2.45) is 5.92 Å². The van der Waals surface area contributed by atoms with Gasteiger partial charge in [-0.25, -0.2) is 9.78 Å². The lowest BCUT2D eigenvalue weighted by Crippen LogP contribution is -2.57. The number of alkyl carbamates (subject to hydrolysis) is 1. The number of nitrogens with one attached hydrogen (secondary N) is 4. The molecule has 52 heavy (non-hydrogen) atoms. The average molecular weight is 714 g/mol. The van der Waals surface area contributed by atoms with Crippen molar-refractivity contribution in [2.75, 3.05) is 0 Å². The van der Waals surface area contributed by atoms with Gasteiger partial charge in [0.1, 0.15) is 24.3 Å². The van der Waals surface area contributed by atoms with Crippen LogP contribution in [0.5, 0.6) is 0 Å². The van der Waals surface area contributed by atoms with Crippen molar-refractivity contribution in [3.8, 4) is 0 Å². The molecule has 0 saturated carbocycles. The van der Waals surface area contributed by atoms with E-state index in [0.29, 0.717) is 12.1 Å². The molecule has 0 bridgehead atoms. The highest BCUT2D eigenvalue weighted by atomic mass is 16.6.